The average molecular weight is 461 g/mol. The van der Waals surface area contributed by atoms with Gasteiger partial charge in [0.1, 0.15) is 0 Å². The summed E-state index contributed by atoms with van der Waals surface area (Å²) in [5, 5.41) is 5.62. The summed E-state index contributed by atoms with van der Waals surface area (Å²) in [7, 11) is 0. The van der Waals surface area contributed by atoms with Crippen molar-refractivity contribution < 1.29 is 4.79 Å². The summed E-state index contributed by atoms with van der Waals surface area (Å²) in [4.78, 5) is 26.7. The van der Waals surface area contributed by atoms with E-state index in [-0.39, 0.29) is 5.91 Å². The van der Waals surface area contributed by atoms with Gasteiger partial charge in [-0.25, -0.2) is 9.97 Å². The number of fused-ring (bicyclic) bond motifs is 1. The molecule has 31 heavy (non-hydrogen) atoms. The molecule has 5 nitrogen and oxygen atoms in total. The monoisotopic (exact) mass is 460 g/mol. The maximum absolute atomic E-state index is 12.3. The zero-order chi connectivity index (χ0) is 21.6. The van der Waals surface area contributed by atoms with E-state index in [1.54, 1.807) is 11.3 Å². The fourth-order valence-electron chi connectivity index (χ4n) is 4.89. The maximum atomic E-state index is 12.3. The highest BCUT2D eigenvalue weighted by Crippen LogP contribution is 2.28. The minimum Gasteiger partial charge on any atom is -0.353 e. The first-order valence-electron chi connectivity index (χ1n) is 12.0. The van der Waals surface area contributed by atoms with E-state index in [1.807, 2.05) is 24.5 Å². The van der Waals surface area contributed by atoms with Crippen molar-refractivity contribution in [2.24, 2.45) is 5.92 Å². The van der Waals surface area contributed by atoms with E-state index < -0.39 is 0 Å². The number of nitrogens with one attached hydrogen (secondary N) is 1. The highest BCUT2D eigenvalue weighted by molar-refractivity contribution is 7.12. The SMILES string of the molecule is CCCc1nc2c(s1)CCN(CC[C@H]1CC[C@H](NC(=O)Cc3cnc(C)s3)CC1)CC2. The molecule has 7 heteroatoms. The Labute approximate surface area is 194 Å². The number of hydrogen-bond donors (Lipinski definition) is 1. The molecular formula is C24H36N4OS2. The Balaban J connectivity index is 1.13. The molecule has 1 N–H and O–H groups in total. The molecule has 1 aliphatic carbocycles. The van der Waals surface area contributed by atoms with Gasteiger partial charge in [-0.3, -0.25) is 4.79 Å². The van der Waals surface area contributed by atoms with Gasteiger partial charge in [-0.05, 0) is 70.8 Å². The van der Waals surface area contributed by atoms with E-state index in [9.17, 15) is 4.79 Å². The van der Waals surface area contributed by atoms with Gasteiger partial charge >= 0.3 is 0 Å². The van der Waals surface area contributed by atoms with Crippen LogP contribution in [0, 0.1) is 12.8 Å². The second-order valence-electron chi connectivity index (χ2n) is 9.17. The zero-order valence-corrected chi connectivity index (χ0v) is 20.6. The Morgan fingerprint density at radius 1 is 1.19 bits per heavy atom. The summed E-state index contributed by atoms with van der Waals surface area (Å²) in [5.41, 5.74) is 1.38. The molecule has 0 atom stereocenters. The lowest BCUT2D eigenvalue weighted by Crippen LogP contribution is -2.38. The highest BCUT2D eigenvalue weighted by atomic mass is 32.1. The second-order valence-corrected chi connectivity index (χ2v) is 11.7. The van der Waals surface area contributed by atoms with Crippen LogP contribution in [0.3, 0.4) is 0 Å². The minimum absolute atomic E-state index is 0.153. The van der Waals surface area contributed by atoms with Crippen LogP contribution in [0.2, 0.25) is 0 Å². The lowest BCUT2D eigenvalue weighted by atomic mass is 9.84. The van der Waals surface area contributed by atoms with Gasteiger partial charge in [0.25, 0.3) is 0 Å². The van der Waals surface area contributed by atoms with Crippen molar-refractivity contribution in [2.45, 2.75) is 84.1 Å². The van der Waals surface area contributed by atoms with Crippen LogP contribution in [0.25, 0.3) is 0 Å². The van der Waals surface area contributed by atoms with Gasteiger partial charge < -0.3 is 10.2 Å². The zero-order valence-electron chi connectivity index (χ0n) is 19.0. The van der Waals surface area contributed by atoms with Gasteiger partial charge in [-0.1, -0.05) is 6.92 Å². The summed E-state index contributed by atoms with van der Waals surface area (Å²) in [5.74, 6) is 0.962. The third-order valence-electron chi connectivity index (χ3n) is 6.68. The van der Waals surface area contributed by atoms with Crippen LogP contribution in [0.4, 0.5) is 0 Å². The lowest BCUT2D eigenvalue weighted by Gasteiger charge is -2.30. The summed E-state index contributed by atoms with van der Waals surface area (Å²) in [6, 6.07) is 0.357. The van der Waals surface area contributed by atoms with Gasteiger partial charge in [0, 0.05) is 41.5 Å². The number of amides is 1. The Morgan fingerprint density at radius 2 is 2.00 bits per heavy atom. The van der Waals surface area contributed by atoms with Crippen LogP contribution in [-0.2, 0) is 30.5 Å². The largest absolute Gasteiger partial charge is 0.353 e. The van der Waals surface area contributed by atoms with Crippen molar-refractivity contribution in [3.05, 3.63) is 31.7 Å². The van der Waals surface area contributed by atoms with Crippen LogP contribution in [-0.4, -0.2) is 46.5 Å². The Bertz CT molecular complexity index is 828. The van der Waals surface area contributed by atoms with Crippen molar-refractivity contribution in [1.29, 1.82) is 0 Å². The molecule has 3 heterocycles. The summed E-state index contributed by atoms with van der Waals surface area (Å²) < 4.78 is 0. The molecule has 170 valence electrons. The molecule has 2 aliphatic rings. The summed E-state index contributed by atoms with van der Waals surface area (Å²) >= 11 is 3.57. The van der Waals surface area contributed by atoms with Crippen LogP contribution in [0.15, 0.2) is 6.20 Å². The molecule has 0 saturated heterocycles. The van der Waals surface area contributed by atoms with E-state index in [0.29, 0.717) is 12.5 Å². The second kappa shape index (κ2) is 11.0. The maximum Gasteiger partial charge on any atom is 0.225 e. The molecule has 0 spiro atoms. The molecule has 0 aromatic carbocycles. The van der Waals surface area contributed by atoms with Crippen molar-refractivity contribution in [3.63, 3.8) is 0 Å². The van der Waals surface area contributed by atoms with E-state index in [2.05, 4.69) is 22.1 Å². The topological polar surface area (TPSA) is 58.1 Å². The molecule has 0 bridgehead atoms. The van der Waals surface area contributed by atoms with Crippen LogP contribution in [0.1, 0.15) is 70.9 Å². The number of thiazole rings is 2. The molecule has 0 radical (unpaired) electrons. The van der Waals surface area contributed by atoms with Crippen molar-refractivity contribution >= 4 is 28.6 Å². The van der Waals surface area contributed by atoms with E-state index in [1.165, 1.54) is 60.8 Å². The molecule has 4 rings (SSSR count). The normalized spacial score (nSPS) is 22.1. The number of aromatic nitrogens is 2. The molecule has 1 saturated carbocycles. The standard InChI is InChI=1S/C24H36N4OS2/c1-3-4-24-27-21-10-13-28(14-11-22(21)31-24)12-9-18-5-7-19(8-6-18)26-23(29)15-20-16-25-17(2)30-20/h16,18-19H,3-15H2,1-2H3,(H,26,29)/t18-,19-. The highest BCUT2D eigenvalue weighted by Gasteiger charge is 2.24. The average Bonchev–Trinajstić information content (AvgIpc) is 3.28. The van der Waals surface area contributed by atoms with Gasteiger partial charge in [-0.2, -0.15) is 0 Å². The first kappa shape index (κ1) is 22.9. The molecule has 1 amide bonds. The van der Waals surface area contributed by atoms with E-state index >= 15 is 0 Å². The summed E-state index contributed by atoms with van der Waals surface area (Å²) in [6.07, 6.45) is 13.0. The molecular weight excluding hydrogens is 424 g/mol. The molecule has 2 aromatic rings. The van der Waals surface area contributed by atoms with Gasteiger partial charge in [0.15, 0.2) is 0 Å². The predicted molar refractivity (Wildman–Crippen MR) is 129 cm³/mol. The third kappa shape index (κ3) is 6.59. The molecule has 1 fully saturated rings. The van der Waals surface area contributed by atoms with Crippen LogP contribution in [0.5, 0.6) is 0 Å². The molecule has 2 aromatic heterocycles. The number of hydrogen-bond acceptors (Lipinski definition) is 6. The smallest absolute Gasteiger partial charge is 0.225 e. The number of aryl methyl sites for hydroxylation is 2. The first-order valence-corrected chi connectivity index (χ1v) is 13.6. The third-order valence-corrected chi connectivity index (χ3v) is 8.81. The van der Waals surface area contributed by atoms with Crippen molar-refractivity contribution in [3.8, 4) is 0 Å². The summed E-state index contributed by atoms with van der Waals surface area (Å²) in [6.45, 7) is 7.77. The minimum atomic E-state index is 0.153. The molecule has 1 aliphatic heterocycles. The Hall–Kier alpha value is -1.31. The number of nitrogens with zero attached hydrogens (tertiary/aromatic N) is 3. The van der Waals surface area contributed by atoms with E-state index in [0.717, 1.165) is 48.0 Å². The van der Waals surface area contributed by atoms with E-state index in [4.69, 9.17) is 4.98 Å². The first-order chi connectivity index (χ1) is 15.1. The number of carbonyl (C=O) groups is 1. The predicted octanol–water partition coefficient (Wildman–Crippen LogP) is 4.57. The van der Waals surface area contributed by atoms with Crippen LogP contribution < -0.4 is 5.32 Å². The Morgan fingerprint density at radius 3 is 2.74 bits per heavy atom. The van der Waals surface area contributed by atoms with Gasteiger partial charge in [-0.15, -0.1) is 22.7 Å². The fourth-order valence-corrected chi connectivity index (χ4v) is 6.89. The van der Waals surface area contributed by atoms with Gasteiger partial charge in [0.05, 0.1) is 22.1 Å². The van der Waals surface area contributed by atoms with Crippen molar-refractivity contribution in [2.75, 3.05) is 19.6 Å². The number of carbonyl (C=O) groups excluding carboxylic acids is 1. The van der Waals surface area contributed by atoms with Gasteiger partial charge in [0.2, 0.25) is 5.91 Å². The van der Waals surface area contributed by atoms with Crippen LogP contribution >= 0.6 is 22.7 Å². The fraction of sp³-hybridized carbons (Fsp3) is 0.708. The lowest BCUT2D eigenvalue weighted by molar-refractivity contribution is -0.121. The quantitative estimate of drug-likeness (QED) is 0.627. The number of rotatable bonds is 8. The Kier molecular flexibility index (Phi) is 8.13. The molecule has 0 unspecified atom stereocenters. The van der Waals surface area contributed by atoms with Crippen molar-refractivity contribution in [1.82, 2.24) is 20.2 Å².